The highest BCUT2D eigenvalue weighted by atomic mass is 35.5. The molecule has 186 valence electrons. The number of carbonyl (C=O) groups is 1. The van der Waals surface area contributed by atoms with E-state index in [9.17, 15) is 4.79 Å². The van der Waals surface area contributed by atoms with Crippen molar-refractivity contribution < 1.29 is 23.4 Å². The lowest BCUT2D eigenvalue weighted by atomic mass is 9.84. The van der Waals surface area contributed by atoms with Gasteiger partial charge in [0.05, 0.1) is 42.2 Å². The van der Waals surface area contributed by atoms with Crippen molar-refractivity contribution in [1.29, 1.82) is 5.26 Å². The molecule has 3 heterocycles. The van der Waals surface area contributed by atoms with Gasteiger partial charge in [-0.15, -0.1) is 0 Å². The summed E-state index contributed by atoms with van der Waals surface area (Å²) in [6, 6.07) is 6.61. The minimum absolute atomic E-state index is 0.101. The third-order valence-electron chi connectivity index (χ3n) is 6.09. The molecule has 1 aromatic heterocycles. The van der Waals surface area contributed by atoms with Crippen molar-refractivity contribution in [3.05, 3.63) is 40.9 Å². The van der Waals surface area contributed by atoms with E-state index in [2.05, 4.69) is 22.2 Å². The van der Waals surface area contributed by atoms with Crippen LogP contribution in [0.3, 0.4) is 0 Å². The van der Waals surface area contributed by atoms with E-state index in [1.165, 1.54) is 12.4 Å². The van der Waals surface area contributed by atoms with E-state index in [4.69, 9.17) is 31.1 Å². The molecular formula is C24H27ClFN5O4. The molecule has 2 aliphatic rings. The number of amides is 1. The van der Waals surface area contributed by atoms with Crippen molar-refractivity contribution >= 4 is 29.2 Å². The van der Waals surface area contributed by atoms with Gasteiger partial charge in [0.15, 0.2) is 5.82 Å². The molecule has 2 unspecified atom stereocenters. The van der Waals surface area contributed by atoms with Gasteiger partial charge >= 0.3 is 6.09 Å². The molecule has 0 saturated carbocycles. The Balaban J connectivity index is 1.43. The lowest BCUT2D eigenvalue weighted by Crippen LogP contribution is -2.58. The van der Waals surface area contributed by atoms with Gasteiger partial charge in [-0.25, -0.2) is 9.78 Å². The number of nitrogens with one attached hydrogen (secondary N) is 1. The van der Waals surface area contributed by atoms with E-state index < -0.39 is 5.82 Å². The van der Waals surface area contributed by atoms with E-state index in [0.717, 1.165) is 19.3 Å². The van der Waals surface area contributed by atoms with Crippen LogP contribution in [0.5, 0.6) is 5.88 Å². The second kappa shape index (κ2) is 11.5. The molecule has 9 nitrogen and oxygen atoms in total. The summed E-state index contributed by atoms with van der Waals surface area (Å²) in [5, 5.41) is 12.1. The first-order chi connectivity index (χ1) is 17.0. The zero-order valence-electron chi connectivity index (χ0n) is 19.4. The molecule has 0 spiro atoms. The Bertz CT molecular complexity index is 1080. The summed E-state index contributed by atoms with van der Waals surface area (Å²) < 4.78 is 32.4. The van der Waals surface area contributed by atoms with E-state index >= 15 is 4.39 Å². The predicted octanol–water partition coefficient (Wildman–Crippen LogP) is 4.54. The van der Waals surface area contributed by atoms with Crippen molar-refractivity contribution in [1.82, 2.24) is 14.9 Å². The molecule has 4 rings (SSSR count). The quantitative estimate of drug-likeness (QED) is 0.523. The second-order valence-electron chi connectivity index (χ2n) is 8.64. The molecule has 11 heteroatoms. The number of likely N-dealkylation sites (tertiary alicyclic amines) is 1. The minimum Gasteiger partial charge on any atom is -0.471 e. The fraction of sp³-hybridized carbons (Fsp3) is 0.500. The van der Waals surface area contributed by atoms with Crippen LogP contribution < -0.4 is 10.1 Å². The summed E-state index contributed by atoms with van der Waals surface area (Å²) >= 11 is 6.19. The summed E-state index contributed by atoms with van der Waals surface area (Å²) in [4.78, 5) is 22.1. The number of nitriles is 1. The SMILES string of the molecule is CCCCCOC(=O)N1CC2COCC(C1)C2Oc1ncnc(Nc2ccc(C#N)cc2Cl)c1F. The summed E-state index contributed by atoms with van der Waals surface area (Å²) in [5.41, 5.74) is 0.780. The highest BCUT2D eigenvalue weighted by molar-refractivity contribution is 6.33. The van der Waals surface area contributed by atoms with Gasteiger partial charge in [0, 0.05) is 24.9 Å². The minimum atomic E-state index is -0.760. The van der Waals surface area contributed by atoms with Crippen molar-refractivity contribution in [3.63, 3.8) is 0 Å². The van der Waals surface area contributed by atoms with Gasteiger partial charge in [0.2, 0.25) is 5.82 Å². The Morgan fingerprint density at radius 2 is 2.09 bits per heavy atom. The number of anilines is 2. The molecular weight excluding hydrogens is 477 g/mol. The molecule has 2 aliphatic heterocycles. The van der Waals surface area contributed by atoms with E-state index in [1.807, 2.05) is 6.07 Å². The third kappa shape index (κ3) is 5.92. The number of nitrogens with zero attached hydrogens (tertiary/aromatic N) is 4. The predicted molar refractivity (Wildman–Crippen MR) is 126 cm³/mol. The Morgan fingerprint density at radius 1 is 1.31 bits per heavy atom. The first-order valence-electron chi connectivity index (χ1n) is 11.6. The molecule has 0 aliphatic carbocycles. The summed E-state index contributed by atoms with van der Waals surface area (Å²) in [5.74, 6) is -1.35. The van der Waals surface area contributed by atoms with Gasteiger partial charge in [0.1, 0.15) is 12.4 Å². The number of ether oxygens (including phenoxy) is 3. The zero-order chi connectivity index (χ0) is 24.8. The Hall–Kier alpha value is -3.16. The highest BCUT2D eigenvalue weighted by Crippen LogP contribution is 2.34. The number of aromatic nitrogens is 2. The maximum Gasteiger partial charge on any atom is 0.409 e. The van der Waals surface area contributed by atoms with Crippen LogP contribution in [0.4, 0.5) is 20.7 Å². The maximum atomic E-state index is 15.2. The monoisotopic (exact) mass is 503 g/mol. The molecule has 1 N–H and O–H groups in total. The number of piperidine rings is 1. The van der Waals surface area contributed by atoms with E-state index in [0.29, 0.717) is 44.2 Å². The van der Waals surface area contributed by atoms with Crippen LogP contribution in [0, 0.1) is 29.0 Å². The van der Waals surface area contributed by atoms with Crippen LogP contribution in [-0.2, 0) is 9.47 Å². The van der Waals surface area contributed by atoms with Gasteiger partial charge in [-0.2, -0.15) is 14.6 Å². The van der Waals surface area contributed by atoms with Gasteiger partial charge in [-0.1, -0.05) is 31.4 Å². The third-order valence-corrected chi connectivity index (χ3v) is 6.40. The van der Waals surface area contributed by atoms with Crippen LogP contribution in [0.2, 0.25) is 5.02 Å². The number of fused-ring (bicyclic) bond motifs is 2. The van der Waals surface area contributed by atoms with Crippen LogP contribution in [0.25, 0.3) is 0 Å². The zero-order valence-corrected chi connectivity index (χ0v) is 20.1. The average Bonchev–Trinajstić information content (AvgIpc) is 2.85. The number of halogens is 2. The summed E-state index contributed by atoms with van der Waals surface area (Å²) in [6.45, 7) is 4.06. The van der Waals surface area contributed by atoms with Crippen LogP contribution in [0.1, 0.15) is 31.7 Å². The Labute approximate surface area is 208 Å². The lowest BCUT2D eigenvalue weighted by molar-refractivity contribution is -0.110. The van der Waals surface area contributed by atoms with Crippen molar-refractivity contribution in [2.75, 3.05) is 38.2 Å². The molecule has 2 fully saturated rings. The summed E-state index contributed by atoms with van der Waals surface area (Å²) in [7, 11) is 0. The molecule has 35 heavy (non-hydrogen) atoms. The van der Waals surface area contributed by atoms with E-state index in [-0.39, 0.29) is 40.8 Å². The standard InChI is InChI=1S/C24H27ClFN5O4/c1-2-3-4-7-34-24(32)31-10-16-12-33-13-17(11-31)21(16)35-23-20(26)22(28-14-29-23)30-19-6-5-15(9-27)8-18(19)25/h5-6,8,14,16-17,21H,2-4,7,10-13H2,1H3,(H,28,29,30). The molecule has 2 aromatic rings. The largest absolute Gasteiger partial charge is 0.471 e. The molecule has 1 aromatic carbocycles. The maximum absolute atomic E-state index is 15.2. The summed E-state index contributed by atoms with van der Waals surface area (Å²) in [6.07, 6.45) is 3.40. The first-order valence-corrected chi connectivity index (χ1v) is 12.0. The molecule has 0 radical (unpaired) electrons. The second-order valence-corrected chi connectivity index (χ2v) is 9.05. The smallest absolute Gasteiger partial charge is 0.409 e. The van der Waals surface area contributed by atoms with Crippen molar-refractivity contribution in [3.8, 4) is 11.9 Å². The molecule has 2 saturated heterocycles. The molecule has 2 atom stereocenters. The number of benzene rings is 1. The number of hydrogen-bond acceptors (Lipinski definition) is 8. The van der Waals surface area contributed by atoms with Crippen LogP contribution in [-0.4, -0.2) is 60.0 Å². The lowest BCUT2D eigenvalue weighted by Gasteiger charge is -2.45. The Morgan fingerprint density at radius 3 is 2.77 bits per heavy atom. The van der Waals surface area contributed by atoms with Gasteiger partial charge < -0.3 is 24.4 Å². The average molecular weight is 504 g/mol. The fourth-order valence-corrected chi connectivity index (χ4v) is 4.54. The van der Waals surface area contributed by atoms with E-state index in [1.54, 1.807) is 17.0 Å². The van der Waals surface area contributed by atoms with Gasteiger partial charge in [-0.3, -0.25) is 0 Å². The number of rotatable bonds is 8. The van der Waals surface area contributed by atoms with Crippen molar-refractivity contribution in [2.24, 2.45) is 11.8 Å². The Kier molecular flexibility index (Phi) is 8.21. The van der Waals surface area contributed by atoms with Crippen LogP contribution in [0.15, 0.2) is 24.5 Å². The number of hydrogen-bond donors (Lipinski definition) is 1. The van der Waals surface area contributed by atoms with Crippen LogP contribution >= 0.6 is 11.6 Å². The highest BCUT2D eigenvalue weighted by Gasteiger charge is 2.44. The topological polar surface area (TPSA) is 110 Å². The van der Waals surface area contributed by atoms with Gasteiger partial charge in [-0.05, 0) is 24.6 Å². The normalized spacial score (nSPS) is 21.2. The fourth-order valence-electron chi connectivity index (χ4n) is 4.31. The van der Waals surface area contributed by atoms with Gasteiger partial charge in [0.25, 0.3) is 5.88 Å². The molecule has 2 bridgehead atoms. The number of carbonyl (C=O) groups excluding carboxylic acids is 1. The number of unbranched alkanes of at least 4 members (excludes halogenated alkanes) is 2. The van der Waals surface area contributed by atoms with Crippen molar-refractivity contribution in [2.45, 2.75) is 32.3 Å². The first kappa shape index (κ1) is 24.9. The molecule has 1 amide bonds.